The average Bonchev–Trinajstić information content (AvgIpc) is 2.49. The van der Waals surface area contributed by atoms with Crippen LogP contribution in [0.3, 0.4) is 0 Å². The molecule has 1 aliphatic heterocycles. The minimum atomic E-state index is -1.01. The van der Waals surface area contributed by atoms with Crippen LogP contribution >= 0.6 is 23.2 Å². The number of benzene rings is 1. The predicted octanol–water partition coefficient (Wildman–Crippen LogP) is 1.68. The molecule has 0 bridgehead atoms. The van der Waals surface area contributed by atoms with Gasteiger partial charge in [0.1, 0.15) is 6.04 Å². The number of anilines is 1. The number of para-hydroxylation sites is 1. The van der Waals surface area contributed by atoms with Crippen molar-refractivity contribution in [2.75, 3.05) is 31.5 Å². The van der Waals surface area contributed by atoms with Crippen molar-refractivity contribution >= 4 is 40.8 Å². The zero-order valence-electron chi connectivity index (χ0n) is 11.8. The van der Waals surface area contributed by atoms with Crippen molar-refractivity contribution in [1.29, 1.82) is 0 Å². The highest BCUT2D eigenvalue weighted by molar-refractivity contribution is 6.39. The molecule has 1 aromatic carbocycles. The molecule has 1 amide bonds. The van der Waals surface area contributed by atoms with Crippen molar-refractivity contribution in [2.45, 2.75) is 12.5 Å². The van der Waals surface area contributed by atoms with Gasteiger partial charge in [0.15, 0.2) is 0 Å². The van der Waals surface area contributed by atoms with Crippen LogP contribution in [-0.4, -0.2) is 54.1 Å². The van der Waals surface area contributed by atoms with Gasteiger partial charge in [-0.05, 0) is 12.1 Å². The first kappa shape index (κ1) is 17.0. The van der Waals surface area contributed by atoms with Crippen molar-refractivity contribution < 1.29 is 14.7 Å². The number of halogens is 2. The van der Waals surface area contributed by atoms with E-state index in [-0.39, 0.29) is 6.42 Å². The lowest BCUT2D eigenvalue weighted by atomic mass is 10.1. The van der Waals surface area contributed by atoms with E-state index in [2.05, 4.69) is 10.6 Å². The van der Waals surface area contributed by atoms with Crippen LogP contribution < -0.4 is 10.6 Å². The van der Waals surface area contributed by atoms with Crippen molar-refractivity contribution in [3.05, 3.63) is 28.2 Å². The second kappa shape index (κ2) is 7.78. The van der Waals surface area contributed by atoms with Gasteiger partial charge in [-0.25, -0.2) is 0 Å². The molecule has 1 heterocycles. The summed E-state index contributed by atoms with van der Waals surface area (Å²) >= 11 is 12.0. The number of carboxylic acids is 1. The molecule has 8 heteroatoms. The first-order valence-corrected chi connectivity index (χ1v) is 7.66. The summed E-state index contributed by atoms with van der Waals surface area (Å²) in [4.78, 5) is 25.4. The highest BCUT2D eigenvalue weighted by Crippen LogP contribution is 2.30. The number of hydrogen-bond acceptors (Lipinski definition) is 4. The molecule has 0 spiro atoms. The standard InChI is InChI=1S/C14H17Cl2N3O3/c15-9-2-1-3-10(16)13(9)18-12(20)8-11(14(21)22)19-6-4-17-5-7-19/h1-3,11,17H,4-8H2,(H,18,20)(H,21,22)/t11-/m1/s1. The zero-order chi connectivity index (χ0) is 16.1. The number of aliphatic carboxylic acids is 1. The van der Waals surface area contributed by atoms with Gasteiger partial charge in [0.25, 0.3) is 0 Å². The Morgan fingerprint density at radius 2 is 1.86 bits per heavy atom. The summed E-state index contributed by atoms with van der Waals surface area (Å²) in [5.41, 5.74) is 0.306. The van der Waals surface area contributed by atoms with Crippen molar-refractivity contribution in [3.63, 3.8) is 0 Å². The van der Waals surface area contributed by atoms with Gasteiger partial charge in [0.05, 0.1) is 22.2 Å². The maximum Gasteiger partial charge on any atom is 0.321 e. The SMILES string of the molecule is O=C(C[C@H](C(=O)O)N1CCNCC1)Nc1c(Cl)cccc1Cl. The van der Waals surface area contributed by atoms with Crippen LogP contribution in [0, 0.1) is 0 Å². The number of carbonyl (C=O) groups is 2. The van der Waals surface area contributed by atoms with Gasteiger partial charge in [-0.3, -0.25) is 14.5 Å². The van der Waals surface area contributed by atoms with Crippen molar-refractivity contribution in [1.82, 2.24) is 10.2 Å². The second-order valence-electron chi connectivity index (χ2n) is 4.99. The largest absolute Gasteiger partial charge is 0.480 e. The van der Waals surface area contributed by atoms with E-state index in [1.54, 1.807) is 23.1 Å². The molecular weight excluding hydrogens is 329 g/mol. The average molecular weight is 346 g/mol. The maximum atomic E-state index is 12.1. The highest BCUT2D eigenvalue weighted by Gasteiger charge is 2.29. The number of carbonyl (C=O) groups excluding carboxylic acids is 1. The summed E-state index contributed by atoms with van der Waals surface area (Å²) in [7, 11) is 0. The Morgan fingerprint density at radius 3 is 2.41 bits per heavy atom. The van der Waals surface area contributed by atoms with Crippen LogP contribution in [0.1, 0.15) is 6.42 Å². The van der Waals surface area contributed by atoms with Gasteiger partial charge in [-0.1, -0.05) is 29.3 Å². The van der Waals surface area contributed by atoms with E-state index in [0.717, 1.165) is 0 Å². The fourth-order valence-corrected chi connectivity index (χ4v) is 2.84. The maximum absolute atomic E-state index is 12.1. The molecule has 0 saturated carbocycles. The minimum Gasteiger partial charge on any atom is -0.480 e. The predicted molar refractivity (Wildman–Crippen MR) is 85.6 cm³/mol. The summed E-state index contributed by atoms with van der Waals surface area (Å²) in [6, 6.07) is 4.02. The lowest BCUT2D eigenvalue weighted by Crippen LogP contribution is -2.52. The Balaban J connectivity index is 2.03. The molecular formula is C14H17Cl2N3O3. The summed E-state index contributed by atoms with van der Waals surface area (Å²) in [6.45, 7) is 2.61. The quantitative estimate of drug-likeness (QED) is 0.756. The molecule has 1 aromatic rings. The van der Waals surface area contributed by atoms with E-state index >= 15 is 0 Å². The third kappa shape index (κ3) is 4.33. The Morgan fingerprint density at radius 1 is 1.27 bits per heavy atom. The third-order valence-corrected chi connectivity index (χ3v) is 4.11. The number of rotatable bonds is 5. The number of piperazine rings is 1. The Kier molecular flexibility index (Phi) is 6.02. The fourth-order valence-electron chi connectivity index (χ4n) is 2.35. The Hall–Kier alpha value is -1.34. The molecule has 2 rings (SSSR count). The normalized spacial score (nSPS) is 17.0. The summed E-state index contributed by atoms with van der Waals surface area (Å²) in [6.07, 6.45) is -0.156. The second-order valence-corrected chi connectivity index (χ2v) is 5.80. The van der Waals surface area contributed by atoms with Crippen LogP contribution in [0.2, 0.25) is 10.0 Å². The highest BCUT2D eigenvalue weighted by atomic mass is 35.5. The molecule has 0 aromatic heterocycles. The monoisotopic (exact) mass is 345 g/mol. The van der Waals surface area contributed by atoms with Gasteiger partial charge >= 0.3 is 5.97 Å². The zero-order valence-corrected chi connectivity index (χ0v) is 13.3. The molecule has 6 nitrogen and oxygen atoms in total. The van der Waals surface area contributed by atoms with E-state index in [0.29, 0.717) is 41.9 Å². The van der Waals surface area contributed by atoms with E-state index in [4.69, 9.17) is 23.2 Å². The van der Waals surface area contributed by atoms with Crippen molar-refractivity contribution in [2.24, 2.45) is 0 Å². The number of nitrogens with one attached hydrogen (secondary N) is 2. The van der Waals surface area contributed by atoms with Gasteiger partial charge in [-0.2, -0.15) is 0 Å². The van der Waals surface area contributed by atoms with Gasteiger partial charge in [0, 0.05) is 26.2 Å². The fraction of sp³-hybridized carbons (Fsp3) is 0.429. The number of hydrogen-bond donors (Lipinski definition) is 3. The lowest BCUT2D eigenvalue weighted by Gasteiger charge is -2.32. The number of amides is 1. The lowest BCUT2D eigenvalue weighted by molar-refractivity contribution is -0.145. The van der Waals surface area contributed by atoms with E-state index in [1.807, 2.05) is 0 Å². The molecule has 120 valence electrons. The molecule has 0 aliphatic carbocycles. The first-order valence-electron chi connectivity index (χ1n) is 6.90. The molecule has 0 unspecified atom stereocenters. The number of nitrogens with zero attached hydrogens (tertiary/aromatic N) is 1. The van der Waals surface area contributed by atoms with Crippen molar-refractivity contribution in [3.8, 4) is 0 Å². The molecule has 22 heavy (non-hydrogen) atoms. The Bertz CT molecular complexity index is 542. The topological polar surface area (TPSA) is 81.7 Å². The minimum absolute atomic E-state index is 0.156. The molecule has 1 aliphatic rings. The smallest absolute Gasteiger partial charge is 0.321 e. The van der Waals surface area contributed by atoms with Gasteiger partial charge in [-0.15, -0.1) is 0 Å². The number of carboxylic acid groups (broad SMARTS) is 1. The third-order valence-electron chi connectivity index (χ3n) is 3.48. The molecule has 1 fully saturated rings. The van der Waals surface area contributed by atoms with E-state index in [1.165, 1.54) is 0 Å². The van der Waals surface area contributed by atoms with Crippen LogP contribution in [-0.2, 0) is 9.59 Å². The van der Waals surface area contributed by atoms with E-state index in [9.17, 15) is 14.7 Å². The molecule has 1 saturated heterocycles. The van der Waals surface area contributed by atoms with Gasteiger partial charge < -0.3 is 15.7 Å². The first-order chi connectivity index (χ1) is 10.5. The van der Waals surface area contributed by atoms with Crippen LogP contribution in [0.5, 0.6) is 0 Å². The summed E-state index contributed by atoms with van der Waals surface area (Å²) < 4.78 is 0. The van der Waals surface area contributed by atoms with Crippen LogP contribution in [0.4, 0.5) is 5.69 Å². The molecule has 0 radical (unpaired) electrons. The van der Waals surface area contributed by atoms with E-state index < -0.39 is 17.9 Å². The molecule has 1 atom stereocenters. The van der Waals surface area contributed by atoms with Gasteiger partial charge in [0.2, 0.25) is 5.91 Å². The van der Waals surface area contributed by atoms with Crippen LogP contribution in [0.25, 0.3) is 0 Å². The van der Waals surface area contributed by atoms with Crippen LogP contribution in [0.15, 0.2) is 18.2 Å². The summed E-state index contributed by atoms with van der Waals surface area (Å²) in [5.74, 6) is -1.44. The molecule has 3 N–H and O–H groups in total. The summed E-state index contributed by atoms with van der Waals surface area (Å²) in [5, 5.41) is 15.7. The Labute approximate surface area is 138 Å².